The van der Waals surface area contributed by atoms with Gasteiger partial charge in [-0.25, -0.2) is 9.59 Å². The van der Waals surface area contributed by atoms with E-state index in [0.717, 1.165) is 11.1 Å². The number of imidazole rings is 1. The predicted octanol–water partition coefficient (Wildman–Crippen LogP) is 2.63. The Bertz CT molecular complexity index is 919. The van der Waals surface area contributed by atoms with Crippen molar-refractivity contribution in [2.75, 3.05) is 0 Å². The number of H-pyrrole nitrogens is 1. The number of fused-ring (bicyclic) bond motifs is 1. The molecule has 0 amide bonds. The fraction of sp³-hybridized carbons (Fsp3) is 0.125. The maximum atomic E-state index is 12.3. The van der Waals surface area contributed by atoms with Gasteiger partial charge in [0, 0.05) is 0 Å². The molecule has 0 unspecified atom stereocenters. The molecule has 0 saturated heterocycles. The third kappa shape index (κ3) is 1.94. The molecule has 0 spiro atoms. The first-order valence-corrected chi connectivity index (χ1v) is 6.54. The van der Waals surface area contributed by atoms with Crippen molar-refractivity contribution in [1.82, 2.24) is 9.55 Å². The van der Waals surface area contributed by atoms with Crippen LogP contribution in [-0.4, -0.2) is 20.6 Å². The molecule has 0 fully saturated rings. The third-order valence-electron chi connectivity index (χ3n) is 3.75. The lowest BCUT2D eigenvalue weighted by atomic mass is 10.1. The lowest BCUT2D eigenvalue weighted by molar-refractivity contribution is 0.0698. The number of carboxylic acid groups (broad SMARTS) is 1. The van der Waals surface area contributed by atoms with Gasteiger partial charge in [0.05, 0.1) is 22.3 Å². The second-order valence-corrected chi connectivity index (χ2v) is 4.99. The van der Waals surface area contributed by atoms with E-state index in [1.54, 1.807) is 12.1 Å². The summed E-state index contributed by atoms with van der Waals surface area (Å²) in [6.45, 7) is 3.87. The van der Waals surface area contributed by atoms with Crippen LogP contribution >= 0.6 is 0 Å². The summed E-state index contributed by atoms with van der Waals surface area (Å²) in [4.78, 5) is 26.4. The van der Waals surface area contributed by atoms with Gasteiger partial charge in [-0.05, 0) is 43.2 Å². The van der Waals surface area contributed by atoms with Crippen LogP contribution in [0.2, 0.25) is 0 Å². The molecule has 2 aromatic carbocycles. The van der Waals surface area contributed by atoms with Gasteiger partial charge in [-0.1, -0.05) is 18.2 Å². The highest BCUT2D eigenvalue weighted by Crippen LogP contribution is 2.23. The number of hydrogen-bond acceptors (Lipinski definition) is 2. The number of para-hydroxylation sites is 1. The lowest BCUT2D eigenvalue weighted by Crippen LogP contribution is -2.17. The smallest absolute Gasteiger partial charge is 0.337 e. The Balaban J connectivity index is 2.48. The number of aryl methyl sites for hydroxylation is 1. The van der Waals surface area contributed by atoms with Gasteiger partial charge in [0.15, 0.2) is 0 Å². The fourth-order valence-corrected chi connectivity index (χ4v) is 2.54. The Labute approximate surface area is 120 Å². The molecule has 2 N–H and O–H groups in total. The van der Waals surface area contributed by atoms with E-state index in [1.165, 1.54) is 10.6 Å². The molecule has 3 aromatic rings. The van der Waals surface area contributed by atoms with Gasteiger partial charge >= 0.3 is 11.7 Å². The highest BCUT2D eigenvalue weighted by Gasteiger charge is 2.17. The largest absolute Gasteiger partial charge is 0.478 e. The molecule has 0 atom stereocenters. The normalized spacial score (nSPS) is 11.0. The monoisotopic (exact) mass is 282 g/mol. The minimum atomic E-state index is -1.06. The van der Waals surface area contributed by atoms with Crippen LogP contribution < -0.4 is 5.69 Å². The average Bonchev–Trinajstić information content (AvgIpc) is 2.77. The van der Waals surface area contributed by atoms with Gasteiger partial charge in [0.1, 0.15) is 0 Å². The first-order valence-electron chi connectivity index (χ1n) is 6.54. The molecule has 0 aliphatic rings. The Kier molecular flexibility index (Phi) is 2.90. The summed E-state index contributed by atoms with van der Waals surface area (Å²) in [7, 11) is 0. The summed E-state index contributed by atoms with van der Waals surface area (Å²) in [5.41, 5.74) is 3.35. The molecule has 0 bridgehead atoms. The highest BCUT2D eigenvalue weighted by atomic mass is 16.4. The van der Waals surface area contributed by atoms with E-state index in [0.29, 0.717) is 16.7 Å². The fourth-order valence-electron chi connectivity index (χ4n) is 2.54. The molecule has 106 valence electrons. The number of nitrogens with one attached hydrogen (secondary N) is 1. The van der Waals surface area contributed by atoms with Crippen molar-refractivity contribution < 1.29 is 9.90 Å². The molecule has 1 aromatic heterocycles. The van der Waals surface area contributed by atoms with E-state index in [4.69, 9.17) is 0 Å². The minimum Gasteiger partial charge on any atom is -0.478 e. The average molecular weight is 282 g/mol. The number of aromatic nitrogens is 2. The quantitative estimate of drug-likeness (QED) is 0.758. The molecule has 0 aliphatic carbocycles. The first kappa shape index (κ1) is 13.2. The van der Waals surface area contributed by atoms with Crippen LogP contribution in [0.1, 0.15) is 21.5 Å². The van der Waals surface area contributed by atoms with Gasteiger partial charge in [-0.15, -0.1) is 0 Å². The second-order valence-electron chi connectivity index (χ2n) is 4.99. The van der Waals surface area contributed by atoms with Crippen molar-refractivity contribution in [2.45, 2.75) is 13.8 Å². The summed E-state index contributed by atoms with van der Waals surface area (Å²) in [6, 6.07) is 10.4. The van der Waals surface area contributed by atoms with Crippen LogP contribution in [0.3, 0.4) is 0 Å². The molecule has 0 radical (unpaired) electrons. The number of aromatic amines is 1. The van der Waals surface area contributed by atoms with E-state index >= 15 is 0 Å². The molecule has 0 saturated carbocycles. The standard InChI is InChI=1S/C16H14N2O3/c1-9-5-3-8-13(10(9)2)18-14-11(15(19)20)6-4-7-12(14)17-16(18)21/h3-8H,1-2H3,(H,17,21)(H,19,20). The van der Waals surface area contributed by atoms with Crippen LogP contribution in [-0.2, 0) is 0 Å². The molecule has 5 heteroatoms. The zero-order chi connectivity index (χ0) is 15.1. The van der Waals surface area contributed by atoms with Crippen molar-refractivity contribution in [3.8, 4) is 5.69 Å². The molecule has 3 rings (SSSR count). The van der Waals surface area contributed by atoms with Gasteiger partial charge in [0.2, 0.25) is 0 Å². The molecule has 5 nitrogen and oxygen atoms in total. The van der Waals surface area contributed by atoms with Crippen molar-refractivity contribution in [2.24, 2.45) is 0 Å². The number of benzene rings is 2. The van der Waals surface area contributed by atoms with E-state index in [9.17, 15) is 14.7 Å². The summed E-state index contributed by atoms with van der Waals surface area (Å²) in [5.74, 6) is -1.06. The Hall–Kier alpha value is -2.82. The van der Waals surface area contributed by atoms with Crippen LogP contribution in [0.4, 0.5) is 0 Å². The van der Waals surface area contributed by atoms with E-state index in [1.807, 2.05) is 32.0 Å². The van der Waals surface area contributed by atoms with Crippen LogP contribution in [0.5, 0.6) is 0 Å². The zero-order valence-corrected chi connectivity index (χ0v) is 11.7. The molecular weight excluding hydrogens is 268 g/mol. The topological polar surface area (TPSA) is 75.1 Å². The maximum absolute atomic E-state index is 12.3. The number of hydrogen-bond donors (Lipinski definition) is 2. The Morgan fingerprint density at radius 2 is 1.86 bits per heavy atom. The number of aromatic carboxylic acids is 1. The van der Waals surface area contributed by atoms with E-state index in [-0.39, 0.29) is 11.3 Å². The van der Waals surface area contributed by atoms with Crippen molar-refractivity contribution in [3.05, 3.63) is 63.6 Å². The van der Waals surface area contributed by atoms with Crippen LogP contribution in [0, 0.1) is 13.8 Å². The van der Waals surface area contributed by atoms with Gasteiger partial charge in [0.25, 0.3) is 0 Å². The summed E-state index contributed by atoms with van der Waals surface area (Å²) < 4.78 is 1.43. The van der Waals surface area contributed by atoms with Gasteiger partial charge in [-0.3, -0.25) is 4.57 Å². The second kappa shape index (κ2) is 4.63. The lowest BCUT2D eigenvalue weighted by Gasteiger charge is -2.10. The van der Waals surface area contributed by atoms with E-state index < -0.39 is 5.97 Å². The van der Waals surface area contributed by atoms with Crippen LogP contribution in [0.25, 0.3) is 16.7 Å². The van der Waals surface area contributed by atoms with E-state index in [2.05, 4.69) is 4.98 Å². The van der Waals surface area contributed by atoms with Crippen molar-refractivity contribution in [1.29, 1.82) is 0 Å². The highest BCUT2D eigenvalue weighted by molar-refractivity contribution is 6.01. The number of rotatable bonds is 2. The van der Waals surface area contributed by atoms with Gasteiger partial charge in [-0.2, -0.15) is 0 Å². The Morgan fingerprint density at radius 1 is 1.14 bits per heavy atom. The van der Waals surface area contributed by atoms with Gasteiger partial charge < -0.3 is 10.1 Å². The first-order chi connectivity index (χ1) is 10.0. The SMILES string of the molecule is Cc1cccc(-n2c(=O)[nH]c3cccc(C(=O)O)c32)c1C. The summed E-state index contributed by atoms with van der Waals surface area (Å²) >= 11 is 0. The predicted molar refractivity (Wildman–Crippen MR) is 80.3 cm³/mol. The van der Waals surface area contributed by atoms with Crippen molar-refractivity contribution >= 4 is 17.0 Å². The summed E-state index contributed by atoms with van der Waals surface area (Å²) in [5, 5.41) is 9.36. The van der Waals surface area contributed by atoms with Crippen molar-refractivity contribution in [3.63, 3.8) is 0 Å². The zero-order valence-electron chi connectivity index (χ0n) is 11.7. The number of carbonyl (C=O) groups is 1. The summed E-state index contributed by atoms with van der Waals surface area (Å²) in [6.07, 6.45) is 0. The molecule has 1 heterocycles. The maximum Gasteiger partial charge on any atom is 0.337 e. The molecular formula is C16H14N2O3. The third-order valence-corrected chi connectivity index (χ3v) is 3.75. The molecule has 0 aliphatic heterocycles. The number of nitrogens with zero attached hydrogens (tertiary/aromatic N) is 1. The van der Waals surface area contributed by atoms with Crippen LogP contribution in [0.15, 0.2) is 41.2 Å². The minimum absolute atomic E-state index is 0.103. The Morgan fingerprint density at radius 3 is 2.57 bits per heavy atom. The number of carboxylic acids is 1. The molecule has 21 heavy (non-hydrogen) atoms.